The SMILES string of the molecule is CC#Cc1ccc2oc3ccc(/C(C)=N/[S+]([O-])C(C)(C)C)cc3c2c1. The Morgan fingerprint density at radius 3 is 2.36 bits per heavy atom. The van der Waals surface area contributed by atoms with Crippen molar-refractivity contribution in [3.8, 4) is 11.8 Å². The van der Waals surface area contributed by atoms with Gasteiger partial charge in [-0.15, -0.1) is 5.92 Å². The standard InChI is InChI=1S/C21H21NO2S/c1-6-7-15-8-10-19-17(12-15)18-13-16(9-11-20(18)24-19)14(2)22-25(23)21(3,4)5/h8-13H,1-5H3/b22-14+. The van der Waals surface area contributed by atoms with E-state index >= 15 is 0 Å². The molecule has 0 bridgehead atoms. The van der Waals surface area contributed by atoms with Crippen LogP contribution in [0.1, 0.15) is 45.7 Å². The normalized spacial score (nSPS) is 13.8. The van der Waals surface area contributed by atoms with Gasteiger partial charge in [-0.25, -0.2) is 0 Å². The topological polar surface area (TPSA) is 48.6 Å². The van der Waals surface area contributed by atoms with Gasteiger partial charge < -0.3 is 8.97 Å². The van der Waals surface area contributed by atoms with Crippen LogP contribution in [0.4, 0.5) is 0 Å². The van der Waals surface area contributed by atoms with Crippen LogP contribution < -0.4 is 0 Å². The molecule has 0 N–H and O–H groups in total. The number of fused-ring (bicyclic) bond motifs is 3. The molecule has 4 heteroatoms. The molecular weight excluding hydrogens is 330 g/mol. The number of nitrogens with zero attached hydrogens (tertiary/aromatic N) is 1. The lowest BCUT2D eigenvalue weighted by atomic mass is 10.1. The maximum absolute atomic E-state index is 12.3. The zero-order valence-electron chi connectivity index (χ0n) is 15.1. The van der Waals surface area contributed by atoms with Crippen LogP contribution in [0.3, 0.4) is 0 Å². The summed E-state index contributed by atoms with van der Waals surface area (Å²) in [6, 6.07) is 11.9. The minimum absolute atomic E-state index is 0.374. The van der Waals surface area contributed by atoms with Crippen LogP contribution in [-0.4, -0.2) is 15.0 Å². The third kappa shape index (κ3) is 3.58. The van der Waals surface area contributed by atoms with Gasteiger partial charge in [0.05, 0.1) is 5.71 Å². The van der Waals surface area contributed by atoms with Gasteiger partial charge in [0.15, 0.2) is 0 Å². The Morgan fingerprint density at radius 1 is 1.08 bits per heavy atom. The Labute approximate surface area is 151 Å². The quantitative estimate of drug-likeness (QED) is 0.361. The average Bonchev–Trinajstić information content (AvgIpc) is 2.91. The van der Waals surface area contributed by atoms with Gasteiger partial charge in [-0.1, -0.05) is 10.3 Å². The number of furan rings is 1. The van der Waals surface area contributed by atoms with Gasteiger partial charge in [-0.05, 0) is 71.0 Å². The maximum atomic E-state index is 12.3. The predicted octanol–water partition coefficient (Wildman–Crippen LogP) is 5.23. The molecule has 0 saturated carbocycles. The summed E-state index contributed by atoms with van der Waals surface area (Å²) in [4.78, 5) is 0. The first kappa shape index (κ1) is 17.6. The highest BCUT2D eigenvalue weighted by Crippen LogP contribution is 2.30. The van der Waals surface area contributed by atoms with Crippen molar-refractivity contribution in [1.29, 1.82) is 0 Å². The van der Waals surface area contributed by atoms with E-state index in [4.69, 9.17) is 4.42 Å². The molecule has 0 aliphatic rings. The van der Waals surface area contributed by atoms with E-state index < -0.39 is 11.4 Å². The highest BCUT2D eigenvalue weighted by molar-refractivity contribution is 7.91. The average molecular weight is 351 g/mol. The molecule has 0 saturated heterocycles. The number of hydrogen-bond acceptors (Lipinski definition) is 3. The van der Waals surface area contributed by atoms with Crippen LogP contribution in [0.25, 0.3) is 21.9 Å². The molecule has 0 aliphatic heterocycles. The Bertz CT molecular complexity index is 1030. The highest BCUT2D eigenvalue weighted by Gasteiger charge is 2.26. The van der Waals surface area contributed by atoms with Gasteiger partial charge in [0.1, 0.15) is 27.3 Å². The molecule has 3 aromatic rings. The molecule has 0 radical (unpaired) electrons. The number of benzene rings is 2. The fourth-order valence-corrected chi connectivity index (χ4v) is 3.17. The molecule has 1 unspecified atom stereocenters. The van der Waals surface area contributed by atoms with E-state index in [1.165, 1.54) is 0 Å². The summed E-state index contributed by atoms with van der Waals surface area (Å²) in [6.07, 6.45) is 0. The summed E-state index contributed by atoms with van der Waals surface area (Å²) >= 11 is -1.28. The third-order valence-electron chi connectivity index (χ3n) is 3.90. The van der Waals surface area contributed by atoms with Gasteiger partial charge in [-0.2, -0.15) is 0 Å². The van der Waals surface area contributed by atoms with E-state index in [9.17, 15) is 4.55 Å². The molecule has 1 heterocycles. The smallest absolute Gasteiger partial charge is 0.144 e. The van der Waals surface area contributed by atoms with E-state index in [1.54, 1.807) is 0 Å². The fourth-order valence-electron chi connectivity index (χ4n) is 2.54. The van der Waals surface area contributed by atoms with Gasteiger partial charge >= 0.3 is 0 Å². The molecule has 0 aliphatic carbocycles. The van der Waals surface area contributed by atoms with Crippen molar-refractivity contribution >= 4 is 39.0 Å². The second-order valence-corrected chi connectivity index (χ2v) is 8.84. The second kappa shape index (κ2) is 6.59. The lowest BCUT2D eigenvalue weighted by molar-refractivity contribution is 0.561. The molecule has 3 rings (SSSR count). The van der Waals surface area contributed by atoms with Gasteiger partial charge in [0, 0.05) is 21.9 Å². The number of rotatable bonds is 2. The van der Waals surface area contributed by atoms with Crippen molar-refractivity contribution in [3.63, 3.8) is 0 Å². The molecule has 25 heavy (non-hydrogen) atoms. The van der Waals surface area contributed by atoms with E-state index in [0.717, 1.165) is 38.8 Å². The summed E-state index contributed by atoms with van der Waals surface area (Å²) in [5, 5.41) is 2.05. The van der Waals surface area contributed by atoms with Crippen molar-refractivity contribution in [2.75, 3.05) is 0 Å². The van der Waals surface area contributed by atoms with Crippen molar-refractivity contribution in [3.05, 3.63) is 47.5 Å². The zero-order chi connectivity index (χ0) is 18.2. The van der Waals surface area contributed by atoms with Crippen LogP contribution in [0.15, 0.2) is 45.2 Å². The molecule has 3 nitrogen and oxygen atoms in total. The van der Waals surface area contributed by atoms with Gasteiger partial charge in [0.2, 0.25) is 0 Å². The lowest BCUT2D eigenvalue weighted by Gasteiger charge is -2.18. The maximum Gasteiger partial charge on any atom is 0.144 e. The largest absolute Gasteiger partial charge is 0.591 e. The minimum Gasteiger partial charge on any atom is -0.591 e. The van der Waals surface area contributed by atoms with Crippen LogP contribution in [0.2, 0.25) is 0 Å². The zero-order valence-corrected chi connectivity index (χ0v) is 16.0. The van der Waals surface area contributed by atoms with Crippen molar-refractivity contribution in [2.45, 2.75) is 39.4 Å². The van der Waals surface area contributed by atoms with Crippen molar-refractivity contribution in [2.24, 2.45) is 4.40 Å². The van der Waals surface area contributed by atoms with Crippen LogP contribution in [-0.2, 0) is 11.4 Å². The van der Waals surface area contributed by atoms with Crippen molar-refractivity contribution < 1.29 is 8.97 Å². The first-order valence-corrected chi connectivity index (χ1v) is 9.27. The summed E-state index contributed by atoms with van der Waals surface area (Å²) < 4.78 is 22.2. The first-order valence-electron chi connectivity index (χ1n) is 8.16. The summed E-state index contributed by atoms with van der Waals surface area (Å²) in [5.74, 6) is 6.00. The van der Waals surface area contributed by atoms with Crippen LogP contribution in [0, 0.1) is 11.8 Å². The predicted molar refractivity (Wildman–Crippen MR) is 106 cm³/mol. The fraction of sp³-hybridized carbons (Fsp3) is 0.286. The molecule has 0 fully saturated rings. The van der Waals surface area contributed by atoms with Gasteiger partial charge in [0.25, 0.3) is 0 Å². The molecule has 128 valence electrons. The Morgan fingerprint density at radius 2 is 1.72 bits per heavy atom. The van der Waals surface area contributed by atoms with Crippen molar-refractivity contribution in [1.82, 2.24) is 0 Å². The monoisotopic (exact) mass is 351 g/mol. The summed E-state index contributed by atoms with van der Waals surface area (Å²) in [7, 11) is 0. The highest BCUT2D eigenvalue weighted by atomic mass is 32.2. The second-order valence-electron chi connectivity index (χ2n) is 6.94. The first-order chi connectivity index (χ1) is 11.8. The Hall–Kier alpha value is -2.22. The van der Waals surface area contributed by atoms with E-state index in [-0.39, 0.29) is 4.75 Å². The molecule has 1 aromatic heterocycles. The van der Waals surface area contributed by atoms with E-state index in [0.29, 0.717) is 0 Å². The van der Waals surface area contributed by atoms with Crippen LogP contribution in [0.5, 0.6) is 0 Å². The molecular formula is C21H21NO2S. The Kier molecular flexibility index (Phi) is 4.64. The molecule has 1 atom stereocenters. The molecule has 0 amide bonds. The molecule has 2 aromatic carbocycles. The lowest BCUT2D eigenvalue weighted by Crippen LogP contribution is -2.26. The Balaban J connectivity index is 2.12. The summed E-state index contributed by atoms with van der Waals surface area (Å²) in [6.45, 7) is 9.47. The van der Waals surface area contributed by atoms with Gasteiger partial charge in [-0.3, -0.25) is 0 Å². The van der Waals surface area contributed by atoms with E-state index in [2.05, 4.69) is 16.2 Å². The third-order valence-corrected chi connectivity index (χ3v) is 5.39. The molecule has 0 spiro atoms. The van der Waals surface area contributed by atoms with Crippen LogP contribution >= 0.6 is 0 Å². The minimum atomic E-state index is -1.28. The van der Waals surface area contributed by atoms with E-state index in [1.807, 2.05) is 71.0 Å². The summed E-state index contributed by atoms with van der Waals surface area (Å²) in [5.41, 5.74) is 4.32. The number of hydrogen-bond donors (Lipinski definition) is 0.